The number of hydrogen-bond donors (Lipinski definition) is 2. The lowest BCUT2D eigenvalue weighted by Gasteiger charge is -2.13. The molecule has 0 saturated carbocycles. The number of aryl methyl sites for hydroxylation is 1. The van der Waals surface area contributed by atoms with Gasteiger partial charge in [0, 0.05) is 37.6 Å². The van der Waals surface area contributed by atoms with Crippen molar-refractivity contribution in [2.45, 2.75) is 19.0 Å². The third-order valence-electron chi connectivity index (χ3n) is 3.88. The Kier molecular flexibility index (Phi) is 4.52. The first-order valence-electron chi connectivity index (χ1n) is 7.61. The standard InChI is InChI=1S/C15H19N5O3S/c1-20-9-12(8-18-20)14-11(3-2-5-16-14)7-17-15(21)19-13-4-6-24(22,23)10-13/h2-3,5,8-9,13H,4,6-7,10H2,1H3,(H2,17,19,21). The minimum absolute atomic E-state index is 0.00818. The van der Waals surface area contributed by atoms with Gasteiger partial charge in [0.1, 0.15) is 0 Å². The Hall–Kier alpha value is -2.42. The van der Waals surface area contributed by atoms with Crippen LogP contribution < -0.4 is 10.6 Å². The van der Waals surface area contributed by atoms with Crippen LogP contribution in [0.2, 0.25) is 0 Å². The highest BCUT2D eigenvalue weighted by Crippen LogP contribution is 2.20. The van der Waals surface area contributed by atoms with Gasteiger partial charge in [0.15, 0.2) is 9.84 Å². The Balaban J connectivity index is 1.62. The van der Waals surface area contributed by atoms with Crippen molar-refractivity contribution in [2.75, 3.05) is 11.5 Å². The van der Waals surface area contributed by atoms with E-state index in [1.165, 1.54) is 0 Å². The molecule has 0 aliphatic carbocycles. The SMILES string of the molecule is Cn1cc(-c2ncccc2CNC(=O)NC2CCS(=O)(=O)C2)cn1. The molecule has 0 spiro atoms. The van der Waals surface area contributed by atoms with Crippen LogP contribution in [0.5, 0.6) is 0 Å². The number of carbonyl (C=O) groups is 1. The highest BCUT2D eigenvalue weighted by atomic mass is 32.2. The van der Waals surface area contributed by atoms with Crippen LogP contribution >= 0.6 is 0 Å². The molecule has 3 heterocycles. The van der Waals surface area contributed by atoms with Gasteiger partial charge in [0.05, 0.1) is 23.4 Å². The van der Waals surface area contributed by atoms with Crippen LogP contribution in [0.1, 0.15) is 12.0 Å². The van der Waals surface area contributed by atoms with Gasteiger partial charge in [0.2, 0.25) is 0 Å². The minimum Gasteiger partial charge on any atom is -0.334 e. The van der Waals surface area contributed by atoms with Crippen molar-refractivity contribution >= 4 is 15.9 Å². The lowest BCUT2D eigenvalue weighted by molar-refractivity contribution is 0.237. The molecule has 128 valence electrons. The Morgan fingerprint density at radius 2 is 2.29 bits per heavy atom. The fourth-order valence-electron chi connectivity index (χ4n) is 2.71. The van der Waals surface area contributed by atoms with Gasteiger partial charge in [-0.2, -0.15) is 5.10 Å². The molecule has 1 fully saturated rings. The number of hydrogen-bond acceptors (Lipinski definition) is 5. The summed E-state index contributed by atoms with van der Waals surface area (Å²) in [7, 11) is -1.18. The van der Waals surface area contributed by atoms with E-state index in [4.69, 9.17) is 0 Å². The molecule has 1 aliphatic heterocycles. The monoisotopic (exact) mass is 349 g/mol. The van der Waals surface area contributed by atoms with Gasteiger partial charge < -0.3 is 10.6 Å². The van der Waals surface area contributed by atoms with Gasteiger partial charge in [0.25, 0.3) is 0 Å². The topological polar surface area (TPSA) is 106 Å². The second kappa shape index (κ2) is 6.60. The predicted octanol–water partition coefficient (Wildman–Crippen LogP) is 0.468. The Bertz CT molecular complexity index is 846. The number of pyridine rings is 1. The summed E-state index contributed by atoms with van der Waals surface area (Å²) in [6.45, 7) is 0.295. The van der Waals surface area contributed by atoms with Crippen LogP contribution in [0.25, 0.3) is 11.3 Å². The van der Waals surface area contributed by atoms with E-state index in [-0.39, 0.29) is 23.6 Å². The Morgan fingerprint density at radius 1 is 1.46 bits per heavy atom. The maximum atomic E-state index is 12.0. The van der Waals surface area contributed by atoms with Crippen molar-refractivity contribution < 1.29 is 13.2 Å². The molecule has 9 heteroatoms. The van der Waals surface area contributed by atoms with Crippen LogP contribution in [0.3, 0.4) is 0 Å². The third kappa shape index (κ3) is 3.91. The number of amides is 2. The number of aromatic nitrogens is 3. The van der Waals surface area contributed by atoms with E-state index >= 15 is 0 Å². The van der Waals surface area contributed by atoms with E-state index in [9.17, 15) is 13.2 Å². The molecular formula is C15H19N5O3S. The Morgan fingerprint density at radius 3 is 2.96 bits per heavy atom. The number of nitrogens with zero attached hydrogens (tertiary/aromatic N) is 3. The van der Waals surface area contributed by atoms with Crippen LogP contribution in [-0.4, -0.2) is 46.8 Å². The summed E-state index contributed by atoms with van der Waals surface area (Å²) in [5, 5.41) is 9.59. The highest BCUT2D eigenvalue weighted by molar-refractivity contribution is 7.91. The van der Waals surface area contributed by atoms with Crippen LogP contribution in [0, 0.1) is 0 Å². The van der Waals surface area contributed by atoms with Crippen molar-refractivity contribution in [3.63, 3.8) is 0 Å². The van der Waals surface area contributed by atoms with Gasteiger partial charge in [-0.1, -0.05) is 6.07 Å². The molecule has 24 heavy (non-hydrogen) atoms. The fourth-order valence-corrected chi connectivity index (χ4v) is 4.38. The largest absolute Gasteiger partial charge is 0.334 e. The summed E-state index contributed by atoms with van der Waals surface area (Å²) in [6, 6.07) is 2.99. The summed E-state index contributed by atoms with van der Waals surface area (Å²) >= 11 is 0. The van der Waals surface area contributed by atoms with Crippen molar-refractivity contribution in [3.8, 4) is 11.3 Å². The highest BCUT2D eigenvalue weighted by Gasteiger charge is 2.28. The van der Waals surface area contributed by atoms with Gasteiger partial charge in [-0.3, -0.25) is 9.67 Å². The first-order chi connectivity index (χ1) is 11.4. The maximum absolute atomic E-state index is 12.0. The first kappa shape index (κ1) is 16.4. The van der Waals surface area contributed by atoms with E-state index < -0.39 is 9.84 Å². The normalized spacial score (nSPS) is 19.1. The zero-order valence-corrected chi connectivity index (χ0v) is 14.1. The summed E-state index contributed by atoms with van der Waals surface area (Å²) < 4.78 is 24.5. The molecule has 2 aromatic rings. The van der Waals surface area contributed by atoms with Crippen molar-refractivity contribution in [2.24, 2.45) is 7.05 Å². The molecule has 8 nitrogen and oxygen atoms in total. The molecule has 0 radical (unpaired) electrons. The fraction of sp³-hybridized carbons (Fsp3) is 0.400. The number of sulfone groups is 1. The summed E-state index contributed by atoms with van der Waals surface area (Å²) in [5.41, 5.74) is 2.49. The van der Waals surface area contributed by atoms with Crippen molar-refractivity contribution in [1.82, 2.24) is 25.4 Å². The van der Waals surface area contributed by atoms with E-state index in [1.54, 1.807) is 23.1 Å². The summed E-state index contributed by atoms with van der Waals surface area (Å²) in [6.07, 6.45) is 5.73. The molecule has 3 rings (SSSR count). The summed E-state index contributed by atoms with van der Waals surface area (Å²) in [5.74, 6) is 0.139. The molecule has 1 aliphatic rings. The maximum Gasteiger partial charge on any atom is 0.315 e. The van der Waals surface area contributed by atoms with Crippen molar-refractivity contribution in [3.05, 3.63) is 36.3 Å². The molecule has 1 unspecified atom stereocenters. The lowest BCUT2D eigenvalue weighted by Crippen LogP contribution is -2.42. The number of nitrogens with one attached hydrogen (secondary N) is 2. The zero-order chi connectivity index (χ0) is 17.2. The predicted molar refractivity (Wildman–Crippen MR) is 88.9 cm³/mol. The molecule has 0 bridgehead atoms. The van der Waals surface area contributed by atoms with Crippen LogP contribution in [0.4, 0.5) is 4.79 Å². The van der Waals surface area contributed by atoms with Gasteiger partial charge in [-0.15, -0.1) is 0 Å². The van der Waals surface area contributed by atoms with Crippen LogP contribution in [0.15, 0.2) is 30.7 Å². The molecule has 2 N–H and O–H groups in total. The minimum atomic E-state index is -3.01. The van der Waals surface area contributed by atoms with Gasteiger partial charge >= 0.3 is 6.03 Å². The van der Waals surface area contributed by atoms with Crippen molar-refractivity contribution in [1.29, 1.82) is 0 Å². The van der Waals surface area contributed by atoms with Crippen LogP contribution in [-0.2, 0) is 23.4 Å². The average molecular weight is 349 g/mol. The second-order valence-electron chi connectivity index (χ2n) is 5.84. The summed E-state index contributed by atoms with van der Waals surface area (Å²) in [4.78, 5) is 16.3. The van der Waals surface area contributed by atoms with E-state index in [2.05, 4.69) is 20.7 Å². The number of rotatable bonds is 4. The lowest BCUT2D eigenvalue weighted by atomic mass is 10.1. The van der Waals surface area contributed by atoms with Gasteiger partial charge in [-0.25, -0.2) is 13.2 Å². The molecule has 1 atom stereocenters. The van der Waals surface area contributed by atoms with E-state index in [0.717, 1.165) is 16.8 Å². The van der Waals surface area contributed by atoms with Gasteiger partial charge in [-0.05, 0) is 18.1 Å². The Labute approximate surface area is 140 Å². The number of carbonyl (C=O) groups excluding carboxylic acids is 1. The molecular weight excluding hydrogens is 330 g/mol. The first-order valence-corrected chi connectivity index (χ1v) is 9.43. The van der Waals surface area contributed by atoms with E-state index in [1.807, 2.05) is 19.3 Å². The van der Waals surface area contributed by atoms with E-state index in [0.29, 0.717) is 13.0 Å². The zero-order valence-electron chi connectivity index (χ0n) is 13.3. The smallest absolute Gasteiger partial charge is 0.315 e. The average Bonchev–Trinajstić information content (AvgIpc) is 3.11. The molecule has 2 aromatic heterocycles. The quantitative estimate of drug-likeness (QED) is 0.834. The molecule has 1 saturated heterocycles. The third-order valence-corrected chi connectivity index (χ3v) is 5.64. The molecule has 2 amide bonds. The second-order valence-corrected chi connectivity index (χ2v) is 8.07. The molecule has 0 aromatic carbocycles. The number of urea groups is 1.